The lowest BCUT2D eigenvalue weighted by atomic mass is 9.87. The monoisotopic (exact) mass is 321 g/mol. The van der Waals surface area contributed by atoms with Crippen molar-refractivity contribution in [3.63, 3.8) is 0 Å². The third-order valence-electron chi connectivity index (χ3n) is 3.19. The zero-order valence-corrected chi connectivity index (χ0v) is 13.7. The molecule has 0 aliphatic heterocycles. The van der Waals surface area contributed by atoms with Crippen LogP contribution in [0.4, 0.5) is 5.69 Å². The first-order chi connectivity index (χ1) is 9.77. The molecule has 0 unspecified atom stereocenters. The molecule has 2 nitrogen and oxygen atoms in total. The van der Waals surface area contributed by atoms with Gasteiger partial charge in [-0.3, -0.25) is 4.79 Å². The fourth-order valence-corrected chi connectivity index (χ4v) is 2.19. The first kappa shape index (κ1) is 15.9. The van der Waals surface area contributed by atoms with Gasteiger partial charge in [0.25, 0.3) is 5.91 Å². The van der Waals surface area contributed by atoms with E-state index in [1.807, 2.05) is 24.3 Å². The third-order valence-corrected chi connectivity index (χ3v) is 3.93. The number of hydrogen-bond donors (Lipinski definition) is 1. The van der Waals surface area contributed by atoms with Gasteiger partial charge in [-0.25, -0.2) is 0 Å². The van der Waals surface area contributed by atoms with Gasteiger partial charge in [-0.2, -0.15) is 0 Å². The van der Waals surface area contributed by atoms with E-state index in [4.69, 9.17) is 23.2 Å². The van der Waals surface area contributed by atoms with Gasteiger partial charge in [0.1, 0.15) is 0 Å². The van der Waals surface area contributed by atoms with E-state index in [1.54, 1.807) is 18.2 Å². The molecule has 0 aromatic heterocycles. The van der Waals surface area contributed by atoms with E-state index in [9.17, 15) is 4.79 Å². The van der Waals surface area contributed by atoms with E-state index in [0.717, 1.165) is 5.69 Å². The van der Waals surface area contributed by atoms with Crippen molar-refractivity contribution in [3.05, 3.63) is 63.6 Å². The van der Waals surface area contributed by atoms with Gasteiger partial charge in [-0.15, -0.1) is 0 Å². The van der Waals surface area contributed by atoms with Gasteiger partial charge >= 0.3 is 0 Å². The highest BCUT2D eigenvalue weighted by Crippen LogP contribution is 2.25. The lowest BCUT2D eigenvalue weighted by Crippen LogP contribution is -2.13. The Morgan fingerprint density at radius 2 is 1.57 bits per heavy atom. The van der Waals surface area contributed by atoms with Crippen LogP contribution in [0, 0.1) is 0 Å². The summed E-state index contributed by atoms with van der Waals surface area (Å²) >= 11 is 11.8. The largest absolute Gasteiger partial charge is 0.322 e. The van der Waals surface area contributed by atoms with Crippen molar-refractivity contribution in [2.75, 3.05) is 5.32 Å². The Morgan fingerprint density at radius 3 is 2.10 bits per heavy atom. The van der Waals surface area contributed by atoms with E-state index in [-0.39, 0.29) is 11.3 Å². The summed E-state index contributed by atoms with van der Waals surface area (Å²) in [6, 6.07) is 12.7. The number of carbonyl (C=O) groups excluding carboxylic acids is 1. The van der Waals surface area contributed by atoms with Crippen LogP contribution in [-0.4, -0.2) is 5.91 Å². The number of anilines is 1. The lowest BCUT2D eigenvalue weighted by molar-refractivity contribution is 0.102. The molecular weight excluding hydrogens is 305 g/mol. The SMILES string of the molecule is CC(C)(C)c1ccc(NC(=O)c2ccc(Cl)c(Cl)c2)cc1. The molecule has 0 radical (unpaired) electrons. The van der Waals surface area contributed by atoms with Crippen molar-refractivity contribution in [1.29, 1.82) is 0 Å². The normalized spacial score (nSPS) is 11.3. The van der Waals surface area contributed by atoms with Crippen molar-refractivity contribution in [3.8, 4) is 0 Å². The molecule has 110 valence electrons. The van der Waals surface area contributed by atoms with Crippen LogP contribution in [-0.2, 0) is 5.41 Å². The molecule has 21 heavy (non-hydrogen) atoms. The summed E-state index contributed by atoms with van der Waals surface area (Å²) in [5.74, 6) is -0.211. The lowest BCUT2D eigenvalue weighted by Gasteiger charge is -2.19. The van der Waals surface area contributed by atoms with Crippen molar-refractivity contribution < 1.29 is 4.79 Å². The average molecular weight is 322 g/mol. The Labute approximate surface area is 135 Å². The molecule has 0 saturated heterocycles. The summed E-state index contributed by atoms with van der Waals surface area (Å²) < 4.78 is 0. The molecule has 2 aromatic carbocycles. The molecule has 0 heterocycles. The summed E-state index contributed by atoms with van der Waals surface area (Å²) in [5, 5.41) is 3.64. The Balaban J connectivity index is 2.14. The second kappa shape index (κ2) is 6.08. The number of hydrogen-bond acceptors (Lipinski definition) is 1. The summed E-state index contributed by atoms with van der Waals surface area (Å²) in [7, 11) is 0. The first-order valence-electron chi connectivity index (χ1n) is 6.64. The highest BCUT2D eigenvalue weighted by molar-refractivity contribution is 6.42. The second-order valence-corrected chi connectivity index (χ2v) is 6.72. The van der Waals surface area contributed by atoms with Gasteiger partial charge in [-0.05, 0) is 41.3 Å². The highest BCUT2D eigenvalue weighted by Gasteiger charge is 2.13. The Hall–Kier alpha value is -1.51. The maximum Gasteiger partial charge on any atom is 0.255 e. The molecule has 0 aliphatic carbocycles. The molecule has 0 bridgehead atoms. The highest BCUT2D eigenvalue weighted by atomic mass is 35.5. The van der Waals surface area contributed by atoms with Gasteiger partial charge in [0.2, 0.25) is 0 Å². The van der Waals surface area contributed by atoms with E-state index < -0.39 is 0 Å². The van der Waals surface area contributed by atoms with Crippen LogP contribution in [0.2, 0.25) is 10.0 Å². The molecule has 4 heteroatoms. The summed E-state index contributed by atoms with van der Waals surface area (Å²) in [4.78, 5) is 12.1. The summed E-state index contributed by atoms with van der Waals surface area (Å²) in [6.45, 7) is 6.45. The van der Waals surface area contributed by atoms with Crippen LogP contribution in [0.5, 0.6) is 0 Å². The van der Waals surface area contributed by atoms with Crippen molar-refractivity contribution in [1.82, 2.24) is 0 Å². The molecule has 1 N–H and O–H groups in total. The quantitative estimate of drug-likeness (QED) is 0.772. The van der Waals surface area contributed by atoms with Crippen LogP contribution >= 0.6 is 23.2 Å². The molecule has 0 fully saturated rings. The molecule has 2 aromatic rings. The molecular formula is C17H17Cl2NO. The minimum Gasteiger partial charge on any atom is -0.322 e. The first-order valence-corrected chi connectivity index (χ1v) is 7.40. The van der Waals surface area contributed by atoms with Crippen LogP contribution in [0.1, 0.15) is 36.7 Å². The van der Waals surface area contributed by atoms with E-state index in [2.05, 4.69) is 26.1 Å². The predicted octanol–water partition coefficient (Wildman–Crippen LogP) is 5.54. The zero-order valence-electron chi connectivity index (χ0n) is 12.2. The molecule has 1 amide bonds. The van der Waals surface area contributed by atoms with Gasteiger partial charge in [0.15, 0.2) is 0 Å². The van der Waals surface area contributed by atoms with Crippen molar-refractivity contribution in [2.24, 2.45) is 0 Å². The molecule has 0 spiro atoms. The predicted molar refractivity (Wildman–Crippen MR) is 89.6 cm³/mol. The number of rotatable bonds is 2. The van der Waals surface area contributed by atoms with Crippen LogP contribution in [0.3, 0.4) is 0 Å². The minimum absolute atomic E-state index is 0.0895. The standard InChI is InChI=1S/C17H17Cl2NO/c1-17(2,3)12-5-7-13(8-6-12)20-16(21)11-4-9-14(18)15(19)10-11/h4-10H,1-3H3,(H,20,21). The summed E-state index contributed by atoms with van der Waals surface area (Å²) in [6.07, 6.45) is 0. The molecule has 0 aliphatic rings. The van der Waals surface area contributed by atoms with E-state index in [1.165, 1.54) is 5.56 Å². The summed E-state index contributed by atoms with van der Waals surface area (Å²) in [5.41, 5.74) is 2.53. The third kappa shape index (κ3) is 3.99. The zero-order chi connectivity index (χ0) is 15.6. The van der Waals surface area contributed by atoms with Crippen molar-refractivity contribution in [2.45, 2.75) is 26.2 Å². The van der Waals surface area contributed by atoms with E-state index >= 15 is 0 Å². The molecule has 2 rings (SSSR count). The van der Waals surface area contributed by atoms with Gasteiger partial charge in [0.05, 0.1) is 10.0 Å². The van der Waals surface area contributed by atoms with Crippen LogP contribution in [0.15, 0.2) is 42.5 Å². The number of halogens is 2. The maximum absolute atomic E-state index is 12.1. The Morgan fingerprint density at radius 1 is 0.952 bits per heavy atom. The Kier molecular flexibility index (Phi) is 4.60. The molecule has 0 saturated carbocycles. The fourth-order valence-electron chi connectivity index (χ4n) is 1.89. The smallest absolute Gasteiger partial charge is 0.255 e. The average Bonchev–Trinajstić information content (AvgIpc) is 2.41. The van der Waals surface area contributed by atoms with Crippen LogP contribution < -0.4 is 5.32 Å². The van der Waals surface area contributed by atoms with Gasteiger partial charge < -0.3 is 5.32 Å². The van der Waals surface area contributed by atoms with Gasteiger partial charge in [0, 0.05) is 11.3 Å². The van der Waals surface area contributed by atoms with E-state index in [0.29, 0.717) is 15.6 Å². The number of benzene rings is 2. The topological polar surface area (TPSA) is 29.1 Å². The number of carbonyl (C=O) groups is 1. The minimum atomic E-state index is -0.211. The fraction of sp³-hybridized carbons (Fsp3) is 0.235. The number of nitrogens with one attached hydrogen (secondary N) is 1. The number of amides is 1. The van der Waals surface area contributed by atoms with Gasteiger partial charge in [-0.1, -0.05) is 56.1 Å². The second-order valence-electron chi connectivity index (χ2n) is 5.91. The maximum atomic E-state index is 12.1. The molecule has 0 atom stereocenters. The van der Waals surface area contributed by atoms with Crippen LogP contribution in [0.25, 0.3) is 0 Å². The van der Waals surface area contributed by atoms with Crippen molar-refractivity contribution >= 4 is 34.8 Å². The Bertz CT molecular complexity index is 657.